The van der Waals surface area contributed by atoms with E-state index in [1.165, 1.54) is 52.5 Å². The van der Waals surface area contributed by atoms with Gasteiger partial charge < -0.3 is 76.8 Å². The molecule has 7 heterocycles. The molecule has 11 aromatic rings. The molecule has 1 aliphatic rings. The van der Waals surface area contributed by atoms with Gasteiger partial charge >= 0.3 is 18.0 Å². The second kappa shape index (κ2) is 34.9. The molecular formula is C70H68N16O11S3. The summed E-state index contributed by atoms with van der Waals surface area (Å²) in [6.07, 6.45) is 7.00. The predicted molar refractivity (Wildman–Crippen MR) is 391 cm³/mol. The molecule has 512 valence electrons. The molecule has 0 saturated heterocycles. The van der Waals surface area contributed by atoms with Crippen LogP contribution in [0.2, 0.25) is 0 Å². The number of fused-ring (bicyclic) bond motifs is 5. The lowest BCUT2D eigenvalue weighted by Gasteiger charge is -2.19. The summed E-state index contributed by atoms with van der Waals surface area (Å²) in [5.74, 6) is -1.42. The molecule has 5 aromatic carbocycles. The number of nitrogens with zero attached hydrogens (tertiary/aromatic N) is 11. The van der Waals surface area contributed by atoms with Crippen LogP contribution in [-0.4, -0.2) is 141 Å². The molecule has 0 unspecified atom stereocenters. The summed E-state index contributed by atoms with van der Waals surface area (Å²) in [4.78, 5) is 86.7. The number of aliphatic carboxylic acids is 2. The number of H-pyrrole nitrogens is 1. The molecule has 30 heteroatoms. The first kappa shape index (κ1) is 72.4. The average molecular weight is 1410 g/mol. The Kier molecular flexibility index (Phi) is 25.2. The molecule has 100 heavy (non-hydrogen) atoms. The summed E-state index contributed by atoms with van der Waals surface area (Å²) in [5.41, 5.74) is 25.7. The molecule has 0 saturated carbocycles. The van der Waals surface area contributed by atoms with Crippen molar-refractivity contribution >= 4 is 153 Å². The number of likely N-dealkylation sites (N-methyl/N-ethyl adjacent to an activating group) is 3. The highest BCUT2D eigenvalue weighted by Crippen LogP contribution is 2.35. The number of imidazole rings is 1. The van der Waals surface area contributed by atoms with Gasteiger partial charge in [-0.25, -0.2) is 24.5 Å². The first-order valence-corrected chi connectivity index (χ1v) is 33.0. The Bertz CT molecular complexity index is 4900. The minimum absolute atomic E-state index is 0.0833. The molecular weight excluding hydrogens is 1340 g/mol. The van der Waals surface area contributed by atoms with Gasteiger partial charge in [-0.15, -0.1) is 34.0 Å². The SMILES string of the molecule is CN(CCO)c1ccc2cc(C=O)sc2c1.NCc1ccc(COc2nc(N)nc3nc[nH]c23)cc1.[C-]#[N+]/C(=C\c1cc2ccc(N(C)CCO)cc2s1)C(=O)O.[C-]#[N+]/C(=C\c1cc2ccc(N(C)CCOC(=O)NCc3ccc(COc4nc(N)nc5c4N=CC5)cc3)cc2s1)C(=O)O. The maximum Gasteiger partial charge on any atom is 0.407 e. The number of carboxylic acid groups (broad SMARTS) is 2. The van der Waals surface area contributed by atoms with E-state index in [0.717, 1.165) is 91.3 Å². The van der Waals surface area contributed by atoms with Gasteiger partial charge in [-0.2, -0.15) is 15.0 Å². The van der Waals surface area contributed by atoms with Crippen LogP contribution in [0.5, 0.6) is 11.8 Å². The normalized spacial score (nSPS) is 11.4. The summed E-state index contributed by atoms with van der Waals surface area (Å²) in [6.45, 7) is 17.4. The number of hydrogen-bond donors (Lipinski definition) is 9. The number of carbonyl (C=O) groups excluding carboxylic acids is 2. The number of nitrogens with two attached hydrogens (primary N) is 3. The number of aliphatic imine (C=N–C) groups is 1. The minimum atomic E-state index is -1.25. The van der Waals surface area contributed by atoms with Crippen LogP contribution in [0.1, 0.15) is 47.4 Å². The fraction of sp³-hybridized carbons (Fsp3) is 0.200. The van der Waals surface area contributed by atoms with E-state index in [1.54, 1.807) is 6.21 Å². The summed E-state index contributed by atoms with van der Waals surface area (Å²) in [7, 11) is 5.72. The number of carbonyl (C=O) groups is 4. The number of anilines is 5. The number of aliphatic hydroxyl groups is 2. The van der Waals surface area contributed by atoms with Crippen LogP contribution in [0.15, 0.2) is 144 Å². The average Bonchev–Trinajstić information content (AvgIpc) is 1.68. The van der Waals surface area contributed by atoms with Gasteiger partial charge in [0.15, 0.2) is 11.9 Å². The number of aldehydes is 1. The van der Waals surface area contributed by atoms with Crippen molar-refractivity contribution in [2.75, 3.05) is 86.8 Å². The van der Waals surface area contributed by atoms with Crippen LogP contribution >= 0.6 is 34.0 Å². The molecule has 0 radical (unpaired) electrons. The number of rotatable bonds is 24. The number of alkyl carbamates (subject to hydrolysis) is 1. The Morgan fingerprint density at radius 3 is 1.60 bits per heavy atom. The molecule has 1 aliphatic heterocycles. The first-order chi connectivity index (χ1) is 48.3. The van der Waals surface area contributed by atoms with E-state index in [0.29, 0.717) is 79.2 Å². The van der Waals surface area contributed by atoms with Crippen LogP contribution in [0.25, 0.3) is 63.3 Å². The number of nitrogen functional groups attached to an aromatic ring is 2. The lowest BCUT2D eigenvalue weighted by atomic mass is 10.1. The topological polar surface area (TPSA) is 378 Å². The fourth-order valence-corrected chi connectivity index (χ4v) is 12.6. The lowest BCUT2D eigenvalue weighted by molar-refractivity contribution is -0.133. The number of benzene rings is 5. The second-order valence-electron chi connectivity index (χ2n) is 21.9. The third kappa shape index (κ3) is 19.7. The molecule has 6 aromatic heterocycles. The van der Waals surface area contributed by atoms with Crippen LogP contribution in [0.3, 0.4) is 0 Å². The molecule has 0 spiro atoms. The van der Waals surface area contributed by atoms with E-state index >= 15 is 0 Å². The third-order valence-electron chi connectivity index (χ3n) is 15.0. The highest BCUT2D eigenvalue weighted by atomic mass is 32.1. The first-order valence-electron chi connectivity index (χ1n) is 30.6. The zero-order valence-corrected chi connectivity index (χ0v) is 56.7. The van der Waals surface area contributed by atoms with Crippen molar-refractivity contribution in [1.82, 2.24) is 35.2 Å². The third-order valence-corrected chi connectivity index (χ3v) is 18.1. The number of amides is 1. The number of aromatic nitrogens is 6. The van der Waals surface area contributed by atoms with E-state index in [1.807, 2.05) is 157 Å². The molecule has 0 fully saturated rings. The number of aliphatic hydroxyl groups excluding tert-OH is 2. The summed E-state index contributed by atoms with van der Waals surface area (Å²) >= 11 is 4.33. The number of aromatic amines is 1. The molecule has 0 atom stereocenters. The van der Waals surface area contributed by atoms with Crippen LogP contribution in [-0.2, 0) is 47.1 Å². The fourth-order valence-electron chi connectivity index (χ4n) is 9.62. The van der Waals surface area contributed by atoms with Gasteiger partial charge in [0, 0.05) is 101 Å². The Morgan fingerprint density at radius 2 is 1.10 bits per heavy atom. The van der Waals surface area contributed by atoms with Gasteiger partial charge in [-0.1, -0.05) is 66.7 Å². The highest BCUT2D eigenvalue weighted by molar-refractivity contribution is 7.21. The van der Waals surface area contributed by atoms with Gasteiger partial charge in [0.1, 0.15) is 31.0 Å². The molecule has 0 bridgehead atoms. The van der Waals surface area contributed by atoms with E-state index in [9.17, 15) is 19.2 Å². The monoisotopic (exact) mass is 1400 g/mol. The minimum Gasteiger partial charge on any atom is -0.486 e. The van der Waals surface area contributed by atoms with E-state index < -0.39 is 18.0 Å². The number of thiophene rings is 3. The van der Waals surface area contributed by atoms with Crippen molar-refractivity contribution in [2.45, 2.75) is 32.7 Å². The summed E-state index contributed by atoms with van der Waals surface area (Å²) < 4.78 is 19.9. The number of hydrogen-bond acceptors (Lipinski definition) is 24. The van der Waals surface area contributed by atoms with Gasteiger partial charge in [0.05, 0.1) is 49.8 Å². The van der Waals surface area contributed by atoms with Crippen molar-refractivity contribution in [2.24, 2.45) is 10.7 Å². The standard InChI is InChI=1S/C30H27N7O5S.C15H14N2O3S.C13H14N6O.C12H13NO2S/c1-32-24(28(38)39)15-22-13-20-7-8-21(14-25(20)43-22)37(2)11-12-41-30(40)34-16-18-3-5-19(6-4-18)17-42-27-26-23(9-10-33-26)35-29(31)36-27;1-16-13(15(19)20)9-12-7-10-3-4-11(8-14(10)21-12)17(2)5-6-18;14-5-8-1-3-9(4-2-8)6-20-12-10-11(17-7-16-10)18-13(15)19-12;1-13(4-5-14)10-3-2-9-6-11(8-15)16-12(9)7-10/h3-8,10,13-15H,9,11-12,16-17H2,2H3,(H,34,40)(H,38,39)(H2,31,35,36);3-4,7-9,18H,5-6H2,2H3,(H,19,20);1-4,7H,5-6,14H2,(H3,15,16,17,18,19);2-3,6-8,14H,4-5H2,1H3/b24-15-;13-9-;;. The maximum absolute atomic E-state index is 12.2. The number of ether oxygens (including phenoxy) is 3. The quantitative estimate of drug-likeness (QED) is 0.0154. The lowest BCUT2D eigenvalue weighted by Crippen LogP contribution is -2.28. The van der Waals surface area contributed by atoms with Crippen molar-refractivity contribution in [1.29, 1.82) is 0 Å². The van der Waals surface area contributed by atoms with Crippen LogP contribution < -0.4 is 46.7 Å². The second-order valence-corrected chi connectivity index (χ2v) is 25.3. The van der Waals surface area contributed by atoms with Gasteiger partial charge in [0.2, 0.25) is 23.7 Å². The Balaban J connectivity index is 0.000000171. The Labute approximate surface area is 585 Å². The van der Waals surface area contributed by atoms with Crippen LogP contribution in [0.4, 0.5) is 39.4 Å². The predicted octanol–water partition coefficient (Wildman–Crippen LogP) is 10.6. The maximum atomic E-state index is 12.2. The van der Waals surface area contributed by atoms with Crippen molar-refractivity contribution in [3.8, 4) is 11.8 Å². The zero-order chi connectivity index (χ0) is 71.2. The molecule has 1 amide bonds. The largest absolute Gasteiger partial charge is 0.486 e. The zero-order valence-electron chi connectivity index (χ0n) is 54.2. The smallest absolute Gasteiger partial charge is 0.407 e. The van der Waals surface area contributed by atoms with Gasteiger partial charge in [0.25, 0.3) is 11.4 Å². The Hall–Kier alpha value is -11.9. The molecule has 12 N–H and O–H groups in total. The van der Waals surface area contributed by atoms with E-state index in [2.05, 4.69) is 49.9 Å². The van der Waals surface area contributed by atoms with E-state index in [-0.39, 0.29) is 49.7 Å². The van der Waals surface area contributed by atoms with Gasteiger partial charge in [-0.3, -0.25) is 19.4 Å². The Morgan fingerprint density at radius 1 is 0.630 bits per heavy atom. The number of nitrogens with one attached hydrogen (secondary N) is 2. The van der Waals surface area contributed by atoms with Crippen molar-refractivity contribution < 1.29 is 53.8 Å². The van der Waals surface area contributed by atoms with Crippen molar-refractivity contribution in [3.63, 3.8) is 0 Å². The van der Waals surface area contributed by atoms with Crippen molar-refractivity contribution in [3.05, 3.63) is 204 Å². The van der Waals surface area contributed by atoms with Crippen LogP contribution in [0, 0.1) is 13.1 Å². The number of carboxylic acids is 2. The molecule has 12 rings (SSSR count). The summed E-state index contributed by atoms with van der Waals surface area (Å²) in [5, 5.41) is 41.6. The summed E-state index contributed by atoms with van der Waals surface area (Å²) in [6, 6.07) is 38.9. The molecule has 27 nitrogen and oxygen atoms in total. The highest BCUT2D eigenvalue weighted by Gasteiger charge is 2.19. The van der Waals surface area contributed by atoms with Gasteiger partial charge in [-0.05, 0) is 105 Å². The molecule has 0 aliphatic carbocycles. The van der Waals surface area contributed by atoms with E-state index in [4.69, 9.17) is 65.0 Å².